The van der Waals surface area contributed by atoms with Gasteiger partial charge in [0.15, 0.2) is 0 Å². The standard InChI is InChI=1S/C21H22N2O/c1-15(2)18-11-9-17(10-12-18)13-20(14-22)21(24)23-16(3)19-7-5-4-6-8-19/h4-13,15-16H,1-3H3,(H,23,24)/b20-13+. The molecule has 0 aromatic heterocycles. The zero-order chi connectivity index (χ0) is 17.5. The summed E-state index contributed by atoms with van der Waals surface area (Å²) in [5, 5.41) is 12.2. The molecule has 2 aromatic carbocycles. The van der Waals surface area contributed by atoms with Crippen LogP contribution in [-0.2, 0) is 4.79 Å². The molecule has 0 aliphatic rings. The first-order chi connectivity index (χ1) is 11.5. The Morgan fingerprint density at radius 2 is 1.62 bits per heavy atom. The van der Waals surface area contributed by atoms with Crippen molar-refractivity contribution in [3.05, 3.63) is 76.9 Å². The fourth-order valence-corrected chi connectivity index (χ4v) is 2.39. The third-order valence-corrected chi connectivity index (χ3v) is 3.93. The number of nitrogens with one attached hydrogen (secondary N) is 1. The fraction of sp³-hybridized carbons (Fsp3) is 0.238. The van der Waals surface area contributed by atoms with Gasteiger partial charge in [-0.1, -0.05) is 68.4 Å². The summed E-state index contributed by atoms with van der Waals surface area (Å²) in [6.45, 7) is 6.16. The summed E-state index contributed by atoms with van der Waals surface area (Å²) in [4.78, 5) is 12.3. The van der Waals surface area contributed by atoms with Crippen molar-refractivity contribution in [2.75, 3.05) is 0 Å². The average molecular weight is 318 g/mol. The van der Waals surface area contributed by atoms with Crippen LogP contribution in [0.4, 0.5) is 0 Å². The molecular formula is C21H22N2O. The van der Waals surface area contributed by atoms with Gasteiger partial charge in [-0.15, -0.1) is 0 Å². The average Bonchev–Trinajstić information content (AvgIpc) is 2.60. The third-order valence-electron chi connectivity index (χ3n) is 3.93. The smallest absolute Gasteiger partial charge is 0.262 e. The van der Waals surface area contributed by atoms with Crippen LogP contribution in [0.3, 0.4) is 0 Å². The van der Waals surface area contributed by atoms with Crippen molar-refractivity contribution in [2.45, 2.75) is 32.7 Å². The Bertz CT molecular complexity index is 753. The van der Waals surface area contributed by atoms with Gasteiger partial charge in [-0.05, 0) is 35.6 Å². The first-order valence-corrected chi connectivity index (χ1v) is 8.09. The highest BCUT2D eigenvalue weighted by molar-refractivity contribution is 6.01. The van der Waals surface area contributed by atoms with E-state index in [2.05, 4.69) is 19.2 Å². The maximum Gasteiger partial charge on any atom is 0.262 e. The molecule has 1 unspecified atom stereocenters. The Hall–Kier alpha value is -2.86. The van der Waals surface area contributed by atoms with E-state index in [1.165, 1.54) is 5.56 Å². The van der Waals surface area contributed by atoms with Crippen molar-refractivity contribution in [2.24, 2.45) is 0 Å². The van der Waals surface area contributed by atoms with Crippen LogP contribution in [0.25, 0.3) is 6.08 Å². The minimum Gasteiger partial charge on any atom is -0.345 e. The minimum atomic E-state index is -0.359. The van der Waals surface area contributed by atoms with Crippen LogP contribution >= 0.6 is 0 Å². The van der Waals surface area contributed by atoms with E-state index in [0.29, 0.717) is 5.92 Å². The molecule has 0 fully saturated rings. The molecule has 3 heteroatoms. The molecule has 0 spiro atoms. The second kappa shape index (κ2) is 8.12. The first-order valence-electron chi connectivity index (χ1n) is 8.09. The van der Waals surface area contributed by atoms with Crippen LogP contribution in [0.15, 0.2) is 60.2 Å². The second-order valence-electron chi connectivity index (χ2n) is 6.10. The number of hydrogen-bond acceptors (Lipinski definition) is 2. The second-order valence-corrected chi connectivity index (χ2v) is 6.10. The quantitative estimate of drug-likeness (QED) is 0.647. The number of nitrogens with zero attached hydrogens (tertiary/aromatic N) is 1. The molecule has 0 saturated carbocycles. The van der Waals surface area contributed by atoms with Gasteiger partial charge < -0.3 is 5.32 Å². The van der Waals surface area contributed by atoms with Crippen LogP contribution in [-0.4, -0.2) is 5.91 Å². The fourth-order valence-electron chi connectivity index (χ4n) is 2.39. The lowest BCUT2D eigenvalue weighted by Crippen LogP contribution is -2.27. The number of hydrogen-bond donors (Lipinski definition) is 1. The highest BCUT2D eigenvalue weighted by atomic mass is 16.1. The number of rotatable bonds is 5. The first kappa shape index (κ1) is 17.5. The van der Waals surface area contributed by atoms with Crippen LogP contribution in [0.2, 0.25) is 0 Å². The number of nitriles is 1. The monoisotopic (exact) mass is 318 g/mol. The van der Waals surface area contributed by atoms with E-state index in [1.54, 1.807) is 6.08 Å². The highest BCUT2D eigenvalue weighted by Gasteiger charge is 2.13. The molecule has 2 rings (SSSR count). The zero-order valence-corrected chi connectivity index (χ0v) is 14.3. The Labute approximate surface area is 143 Å². The molecular weight excluding hydrogens is 296 g/mol. The molecule has 122 valence electrons. The molecule has 0 heterocycles. The lowest BCUT2D eigenvalue weighted by Gasteiger charge is -2.13. The van der Waals surface area contributed by atoms with Crippen molar-refractivity contribution in [3.8, 4) is 6.07 Å². The van der Waals surface area contributed by atoms with Crippen molar-refractivity contribution in [3.63, 3.8) is 0 Å². The summed E-state index contributed by atoms with van der Waals surface area (Å²) in [6, 6.07) is 19.4. The van der Waals surface area contributed by atoms with Gasteiger partial charge in [0.1, 0.15) is 11.6 Å². The minimum absolute atomic E-state index is 0.107. The number of carbonyl (C=O) groups is 1. The topological polar surface area (TPSA) is 52.9 Å². The SMILES string of the molecule is CC(C)c1ccc(/C=C(\C#N)C(=O)NC(C)c2ccccc2)cc1. The summed E-state index contributed by atoms with van der Waals surface area (Å²) in [5.74, 6) is 0.0928. The summed E-state index contributed by atoms with van der Waals surface area (Å²) in [6.07, 6.45) is 1.62. The predicted octanol–water partition coefficient (Wildman–Crippen LogP) is 4.59. The van der Waals surface area contributed by atoms with Gasteiger partial charge in [0.25, 0.3) is 5.91 Å². The van der Waals surface area contributed by atoms with E-state index in [9.17, 15) is 10.1 Å². The van der Waals surface area contributed by atoms with E-state index >= 15 is 0 Å². The van der Waals surface area contributed by atoms with E-state index in [-0.39, 0.29) is 17.5 Å². The van der Waals surface area contributed by atoms with Crippen molar-refractivity contribution in [1.82, 2.24) is 5.32 Å². The molecule has 24 heavy (non-hydrogen) atoms. The molecule has 0 aliphatic carbocycles. The van der Waals surface area contributed by atoms with E-state index in [1.807, 2.05) is 67.6 Å². The lowest BCUT2D eigenvalue weighted by atomic mass is 10.0. The van der Waals surface area contributed by atoms with Crippen molar-refractivity contribution in [1.29, 1.82) is 5.26 Å². The van der Waals surface area contributed by atoms with Crippen LogP contribution in [0.5, 0.6) is 0 Å². The van der Waals surface area contributed by atoms with Gasteiger partial charge in [0.2, 0.25) is 0 Å². The van der Waals surface area contributed by atoms with Gasteiger partial charge in [-0.3, -0.25) is 4.79 Å². The summed E-state index contributed by atoms with van der Waals surface area (Å²) in [7, 11) is 0. The molecule has 1 amide bonds. The molecule has 0 saturated heterocycles. The Morgan fingerprint density at radius 3 is 2.17 bits per heavy atom. The van der Waals surface area contributed by atoms with Crippen LogP contribution in [0.1, 0.15) is 49.4 Å². The van der Waals surface area contributed by atoms with Crippen molar-refractivity contribution < 1.29 is 4.79 Å². The molecule has 0 bridgehead atoms. The van der Waals surface area contributed by atoms with Gasteiger partial charge in [-0.2, -0.15) is 5.26 Å². The van der Waals surface area contributed by atoms with Gasteiger partial charge in [-0.25, -0.2) is 0 Å². The summed E-state index contributed by atoms with van der Waals surface area (Å²) >= 11 is 0. The molecule has 1 N–H and O–H groups in total. The lowest BCUT2D eigenvalue weighted by molar-refractivity contribution is -0.117. The maximum atomic E-state index is 12.3. The van der Waals surface area contributed by atoms with E-state index < -0.39 is 0 Å². The van der Waals surface area contributed by atoms with Gasteiger partial charge in [0, 0.05) is 0 Å². The van der Waals surface area contributed by atoms with Gasteiger partial charge >= 0.3 is 0 Å². The number of benzene rings is 2. The maximum absolute atomic E-state index is 12.3. The molecule has 3 nitrogen and oxygen atoms in total. The summed E-state index contributed by atoms with van der Waals surface area (Å²) in [5.41, 5.74) is 3.19. The van der Waals surface area contributed by atoms with E-state index in [4.69, 9.17) is 0 Å². The molecule has 2 aromatic rings. The predicted molar refractivity (Wildman–Crippen MR) is 97.1 cm³/mol. The number of amides is 1. The van der Waals surface area contributed by atoms with E-state index in [0.717, 1.165) is 11.1 Å². The van der Waals surface area contributed by atoms with Gasteiger partial charge in [0.05, 0.1) is 6.04 Å². The highest BCUT2D eigenvalue weighted by Crippen LogP contribution is 2.17. The largest absolute Gasteiger partial charge is 0.345 e. The van der Waals surface area contributed by atoms with Crippen LogP contribution < -0.4 is 5.32 Å². The van der Waals surface area contributed by atoms with Crippen LogP contribution in [0, 0.1) is 11.3 Å². The molecule has 0 aliphatic heterocycles. The molecule has 0 radical (unpaired) electrons. The summed E-state index contributed by atoms with van der Waals surface area (Å²) < 4.78 is 0. The normalized spacial score (nSPS) is 12.5. The third kappa shape index (κ3) is 4.57. The Balaban J connectivity index is 2.12. The Morgan fingerprint density at radius 1 is 1.00 bits per heavy atom. The number of carbonyl (C=O) groups excluding carboxylic acids is 1. The molecule has 1 atom stereocenters. The zero-order valence-electron chi connectivity index (χ0n) is 14.3. The Kier molecular flexibility index (Phi) is 5.92. The van der Waals surface area contributed by atoms with Crippen molar-refractivity contribution >= 4 is 12.0 Å².